The van der Waals surface area contributed by atoms with E-state index in [4.69, 9.17) is 9.47 Å². The fourth-order valence-electron chi connectivity index (χ4n) is 3.30. The average Bonchev–Trinajstić information content (AvgIpc) is 2.71. The Bertz CT molecular complexity index is 789. The number of benzene rings is 2. The Balaban J connectivity index is 1.59. The summed E-state index contributed by atoms with van der Waals surface area (Å²) in [5.41, 5.74) is 3.06. The predicted molar refractivity (Wildman–Crippen MR) is 106 cm³/mol. The minimum absolute atomic E-state index is 0.0332. The van der Waals surface area contributed by atoms with Crippen molar-refractivity contribution in [3.8, 4) is 5.75 Å². The monoisotopic (exact) mass is 386 g/mol. The molecule has 5 nitrogen and oxygen atoms in total. The van der Waals surface area contributed by atoms with Gasteiger partial charge in [-0.2, -0.15) is 0 Å². The number of rotatable bonds is 7. The van der Waals surface area contributed by atoms with Gasteiger partial charge in [0, 0.05) is 19.6 Å². The predicted octanol–water partition coefficient (Wildman–Crippen LogP) is 3.01. The maximum atomic E-state index is 13.3. The Morgan fingerprint density at radius 2 is 1.89 bits per heavy atom. The van der Waals surface area contributed by atoms with Gasteiger partial charge in [-0.05, 0) is 48.7 Å². The largest absolute Gasteiger partial charge is 0.483 e. The maximum absolute atomic E-state index is 13.3. The fourth-order valence-corrected chi connectivity index (χ4v) is 3.30. The van der Waals surface area contributed by atoms with E-state index in [1.165, 1.54) is 12.1 Å². The molecule has 0 aliphatic carbocycles. The van der Waals surface area contributed by atoms with Crippen LogP contribution in [0.4, 0.5) is 4.39 Å². The summed E-state index contributed by atoms with van der Waals surface area (Å²) in [6.45, 7) is 7.19. The summed E-state index contributed by atoms with van der Waals surface area (Å²) in [5, 5.41) is 2.96. The molecule has 1 aliphatic rings. The Morgan fingerprint density at radius 1 is 1.18 bits per heavy atom. The first-order chi connectivity index (χ1) is 13.5. The van der Waals surface area contributed by atoms with Crippen LogP contribution in [0.5, 0.6) is 5.75 Å². The second-order valence-electron chi connectivity index (χ2n) is 7.08. The van der Waals surface area contributed by atoms with Gasteiger partial charge in [0.1, 0.15) is 11.6 Å². The molecule has 1 atom stereocenters. The van der Waals surface area contributed by atoms with Crippen molar-refractivity contribution < 1.29 is 18.7 Å². The second kappa shape index (κ2) is 9.66. The van der Waals surface area contributed by atoms with Crippen LogP contribution in [-0.4, -0.2) is 50.3 Å². The van der Waals surface area contributed by atoms with Crippen LogP contribution >= 0.6 is 0 Å². The van der Waals surface area contributed by atoms with Crippen LogP contribution in [0.25, 0.3) is 0 Å². The van der Waals surface area contributed by atoms with E-state index in [1.807, 2.05) is 32.0 Å². The van der Waals surface area contributed by atoms with Crippen molar-refractivity contribution in [1.29, 1.82) is 0 Å². The number of halogens is 1. The van der Waals surface area contributed by atoms with Gasteiger partial charge in [-0.1, -0.05) is 24.3 Å². The zero-order valence-electron chi connectivity index (χ0n) is 16.4. The molecule has 28 heavy (non-hydrogen) atoms. The van der Waals surface area contributed by atoms with E-state index >= 15 is 0 Å². The van der Waals surface area contributed by atoms with Gasteiger partial charge in [-0.15, -0.1) is 0 Å². The van der Waals surface area contributed by atoms with Gasteiger partial charge in [0.2, 0.25) is 0 Å². The molecule has 1 unspecified atom stereocenters. The summed E-state index contributed by atoms with van der Waals surface area (Å²) >= 11 is 0. The molecule has 0 aromatic heterocycles. The molecule has 6 heteroatoms. The van der Waals surface area contributed by atoms with Crippen LogP contribution in [0, 0.1) is 19.7 Å². The molecule has 1 fully saturated rings. The number of nitrogens with zero attached hydrogens (tertiary/aromatic N) is 1. The van der Waals surface area contributed by atoms with Gasteiger partial charge in [0.25, 0.3) is 5.91 Å². The van der Waals surface area contributed by atoms with Gasteiger partial charge < -0.3 is 14.8 Å². The molecule has 1 N–H and O–H groups in total. The van der Waals surface area contributed by atoms with Gasteiger partial charge in [-0.3, -0.25) is 9.69 Å². The van der Waals surface area contributed by atoms with Crippen molar-refractivity contribution >= 4 is 5.91 Å². The van der Waals surface area contributed by atoms with Crippen molar-refractivity contribution in [2.45, 2.75) is 19.9 Å². The van der Waals surface area contributed by atoms with E-state index < -0.39 is 0 Å². The molecular formula is C22H27FN2O3. The van der Waals surface area contributed by atoms with E-state index in [1.54, 1.807) is 12.1 Å². The van der Waals surface area contributed by atoms with E-state index in [-0.39, 0.29) is 24.4 Å². The Morgan fingerprint density at radius 3 is 2.61 bits per heavy atom. The highest BCUT2D eigenvalue weighted by atomic mass is 19.1. The van der Waals surface area contributed by atoms with Gasteiger partial charge in [-0.25, -0.2) is 4.39 Å². The molecule has 3 rings (SSSR count). The summed E-state index contributed by atoms with van der Waals surface area (Å²) < 4.78 is 24.4. The number of ether oxygens (including phenoxy) is 2. The molecule has 1 aliphatic heterocycles. The molecule has 0 bridgehead atoms. The third-order valence-electron chi connectivity index (χ3n) is 4.94. The second-order valence-corrected chi connectivity index (χ2v) is 7.08. The van der Waals surface area contributed by atoms with Crippen molar-refractivity contribution in [3.63, 3.8) is 0 Å². The number of carbonyl (C=O) groups excluding carboxylic acids is 1. The third-order valence-corrected chi connectivity index (χ3v) is 4.94. The quantitative estimate of drug-likeness (QED) is 0.795. The van der Waals surface area contributed by atoms with Crippen LogP contribution in [0.1, 0.15) is 22.7 Å². The lowest BCUT2D eigenvalue weighted by atomic mass is 10.0. The normalized spacial score (nSPS) is 15.8. The molecule has 2 aromatic rings. The van der Waals surface area contributed by atoms with Crippen LogP contribution in [0.3, 0.4) is 0 Å². The highest BCUT2D eigenvalue weighted by Crippen LogP contribution is 2.22. The molecular weight excluding hydrogens is 359 g/mol. The molecule has 1 heterocycles. The van der Waals surface area contributed by atoms with Crippen molar-refractivity contribution in [2.75, 3.05) is 39.5 Å². The Kier molecular flexibility index (Phi) is 7.01. The first-order valence-electron chi connectivity index (χ1n) is 9.57. The van der Waals surface area contributed by atoms with Crippen LogP contribution in [0.15, 0.2) is 42.5 Å². The third kappa shape index (κ3) is 5.53. The molecule has 0 radical (unpaired) electrons. The minimum Gasteiger partial charge on any atom is -0.483 e. The smallest absolute Gasteiger partial charge is 0.258 e. The Hall–Kier alpha value is -2.44. The summed E-state index contributed by atoms with van der Waals surface area (Å²) in [6.07, 6.45) is 0. The highest BCUT2D eigenvalue weighted by molar-refractivity contribution is 5.77. The fraction of sp³-hybridized carbons (Fsp3) is 0.409. The summed E-state index contributed by atoms with van der Waals surface area (Å²) in [5.74, 6) is 0.273. The van der Waals surface area contributed by atoms with Crippen molar-refractivity contribution in [3.05, 3.63) is 65.0 Å². The minimum atomic E-state index is -0.268. The van der Waals surface area contributed by atoms with Crippen LogP contribution in [0.2, 0.25) is 0 Å². The summed E-state index contributed by atoms with van der Waals surface area (Å²) in [4.78, 5) is 14.6. The van der Waals surface area contributed by atoms with Crippen molar-refractivity contribution in [1.82, 2.24) is 10.2 Å². The van der Waals surface area contributed by atoms with E-state index in [2.05, 4.69) is 10.2 Å². The topological polar surface area (TPSA) is 50.8 Å². The zero-order valence-corrected chi connectivity index (χ0v) is 16.4. The number of nitrogens with one attached hydrogen (secondary N) is 1. The first-order valence-corrected chi connectivity index (χ1v) is 9.57. The number of hydrogen-bond acceptors (Lipinski definition) is 4. The molecule has 1 saturated heterocycles. The first kappa shape index (κ1) is 20.3. The van der Waals surface area contributed by atoms with Gasteiger partial charge in [0.15, 0.2) is 6.61 Å². The number of hydrogen-bond donors (Lipinski definition) is 1. The van der Waals surface area contributed by atoms with E-state index in [0.717, 1.165) is 35.5 Å². The number of carbonyl (C=O) groups is 1. The molecule has 0 saturated carbocycles. The lowest BCUT2D eigenvalue weighted by molar-refractivity contribution is -0.123. The average molecular weight is 386 g/mol. The molecule has 150 valence electrons. The van der Waals surface area contributed by atoms with Gasteiger partial charge in [0.05, 0.1) is 19.3 Å². The number of morpholine rings is 1. The van der Waals surface area contributed by atoms with Crippen LogP contribution < -0.4 is 10.1 Å². The SMILES string of the molecule is Cc1ccc(C)c(OCC(=O)NCC(c2ccc(F)cc2)N2CCOCC2)c1. The Labute approximate surface area is 165 Å². The number of amides is 1. The summed E-state index contributed by atoms with van der Waals surface area (Å²) in [7, 11) is 0. The van der Waals surface area contributed by atoms with E-state index in [9.17, 15) is 9.18 Å². The van der Waals surface area contributed by atoms with Gasteiger partial charge >= 0.3 is 0 Å². The maximum Gasteiger partial charge on any atom is 0.258 e. The standard InChI is InChI=1S/C22H27FN2O3/c1-16-3-4-17(2)21(13-16)28-15-22(26)24-14-20(25-9-11-27-12-10-25)18-5-7-19(23)8-6-18/h3-8,13,20H,9-12,14-15H2,1-2H3,(H,24,26). The zero-order chi connectivity index (χ0) is 19.9. The lowest BCUT2D eigenvalue weighted by Crippen LogP contribution is -2.44. The lowest BCUT2D eigenvalue weighted by Gasteiger charge is -2.35. The molecule has 2 aromatic carbocycles. The highest BCUT2D eigenvalue weighted by Gasteiger charge is 2.23. The molecule has 1 amide bonds. The molecule has 0 spiro atoms. The summed E-state index contributed by atoms with van der Waals surface area (Å²) in [6, 6.07) is 12.3. The van der Waals surface area contributed by atoms with Crippen LogP contribution in [-0.2, 0) is 9.53 Å². The van der Waals surface area contributed by atoms with E-state index in [0.29, 0.717) is 19.8 Å². The number of aryl methyl sites for hydroxylation is 2. The van der Waals surface area contributed by atoms with Crippen molar-refractivity contribution in [2.24, 2.45) is 0 Å².